The molecule has 2 bridgehead atoms. The Morgan fingerprint density at radius 2 is 1.79 bits per heavy atom. The van der Waals surface area contributed by atoms with Crippen LogP contribution in [0.3, 0.4) is 0 Å². The SMILES string of the molecule is C=CCN(CCC)C(=O)[C@@H]1[C@H]2C(=O)N([C@@H](CO)C(C)C)C(C(=O)N(CC=C)c3ccc4ccccc4c3)C23CC[C@@]1(C)S3. The van der Waals surface area contributed by atoms with Crippen molar-refractivity contribution in [1.82, 2.24) is 9.80 Å². The van der Waals surface area contributed by atoms with Gasteiger partial charge in [0.25, 0.3) is 5.91 Å². The highest BCUT2D eigenvalue weighted by atomic mass is 32.2. The summed E-state index contributed by atoms with van der Waals surface area (Å²) in [6.45, 7) is 16.9. The molecule has 3 aliphatic rings. The van der Waals surface area contributed by atoms with Gasteiger partial charge in [-0.05, 0) is 55.0 Å². The molecule has 3 heterocycles. The monoisotopic (exact) mass is 603 g/mol. The molecule has 0 saturated carbocycles. The molecule has 2 aromatic carbocycles. The minimum Gasteiger partial charge on any atom is -0.394 e. The standard InChI is InChI=1S/C35H45N3O4S/c1-7-18-36(19-8-2)31(40)28-29-32(41)38(27(22-39)23(4)5)30(35(29)17-16-34(28,6)43-35)33(42)37(20-9-3)26-15-14-24-12-10-11-13-25(24)21-26/h7,9-15,21,23,27-30,39H,1,3,8,16-20,22H2,2,4-6H3/t27-,28-,29-,30?,34+,35?/m0/s1. The van der Waals surface area contributed by atoms with Gasteiger partial charge >= 0.3 is 0 Å². The van der Waals surface area contributed by atoms with Crippen LogP contribution in [0.1, 0.15) is 47.0 Å². The number of rotatable bonds is 12. The number of nitrogens with zero attached hydrogens (tertiary/aromatic N) is 3. The summed E-state index contributed by atoms with van der Waals surface area (Å²) < 4.78 is -1.23. The molecule has 3 saturated heterocycles. The zero-order chi connectivity index (χ0) is 31.1. The Kier molecular flexibility index (Phi) is 8.83. The van der Waals surface area contributed by atoms with Crippen LogP contribution in [-0.2, 0) is 14.4 Å². The van der Waals surface area contributed by atoms with Crippen LogP contribution in [0.25, 0.3) is 10.8 Å². The summed E-state index contributed by atoms with van der Waals surface area (Å²) in [6, 6.07) is 12.6. The Bertz CT molecular complexity index is 1430. The van der Waals surface area contributed by atoms with Crippen molar-refractivity contribution in [3.8, 4) is 0 Å². The van der Waals surface area contributed by atoms with Gasteiger partial charge in [-0.25, -0.2) is 0 Å². The first-order valence-electron chi connectivity index (χ1n) is 15.5. The Hall–Kier alpha value is -3.10. The summed E-state index contributed by atoms with van der Waals surface area (Å²) in [7, 11) is 0. The maximum atomic E-state index is 15.0. The van der Waals surface area contributed by atoms with Crippen LogP contribution in [0.4, 0.5) is 5.69 Å². The molecule has 3 amide bonds. The molecule has 8 heteroatoms. The predicted molar refractivity (Wildman–Crippen MR) is 175 cm³/mol. The summed E-state index contributed by atoms with van der Waals surface area (Å²) >= 11 is 1.67. The fourth-order valence-corrected chi connectivity index (χ4v) is 10.2. The summed E-state index contributed by atoms with van der Waals surface area (Å²) in [5.41, 5.74) is 0.734. The van der Waals surface area contributed by atoms with Crippen LogP contribution in [-0.4, -0.2) is 80.4 Å². The van der Waals surface area contributed by atoms with E-state index in [1.807, 2.05) is 68.1 Å². The average molecular weight is 604 g/mol. The van der Waals surface area contributed by atoms with Crippen LogP contribution in [0.5, 0.6) is 0 Å². The van der Waals surface area contributed by atoms with E-state index in [0.717, 1.165) is 29.3 Å². The van der Waals surface area contributed by atoms with Crippen molar-refractivity contribution in [2.45, 2.75) is 68.5 Å². The van der Waals surface area contributed by atoms with Crippen LogP contribution < -0.4 is 4.90 Å². The number of carbonyl (C=O) groups is 3. The maximum Gasteiger partial charge on any atom is 0.251 e. The van der Waals surface area contributed by atoms with Gasteiger partial charge in [0.15, 0.2) is 0 Å². The second kappa shape index (κ2) is 12.1. The number of likely N-dealkylation sites (tertiary alicyclic amines) is 1. The van der Waals surface area contributed by atoms with Crippen molar-refractivity contribution >= 4 is 45.9 Å². The van der Waals surface area contributed by atoms with Crippen molar-refractivity contribution < 1.29 is 19.5 Å². The highest BCUT2D eigenvalue weighted by Gasteiger charge is 2.78. The summed E-state index contributed by atoms with van der Waals surface area (Å²) in [4.78, 5) is 49.2. The van der Waals surface area contributed by atoms with Gasteiger partial charge in [-0.2, -0.15) is 0 Å². The molecule has 1 spiro atoms. The van der Waals surface area contributed by atoms with Crippen molar-refractivity contribution in [3.63, 3.8) is 0 Å². The molecule has 0 radical (unpaired) electrons. The number of aliphatic hydroxyl groups is 1. The van der Waals surface area contributed by atoms with E-state index in [9.17, 15) is 19.5 Å². The fraction of sp³-hybridized carbons (Fsp3) is 0.514. The summed E-state index contributed by atoms with van der Waals surface area (Å²) in [5, 5.41) is 12.7. The van der Waals surface area contributed by atoms with Crippen LogP contribution in [0.2, 0.25) is 0 Å². The first-order valence-corrected chi connectivity index (χ1v) is 16.3. The third-order valence-corrected chi connectivity index (χ3v) is 11.8. The molecule has 3 fully saturated rings. The lowest BCUT2D eigenvalue weighted by molar-refractivity contribution is -0.147. The number of hydrogen-bond donors (Lipinski definition) is 1. The van der Waals surface area contributed by atoms with Gasteiger partial charge in [-0.15, -0.1) is 24.9 Å². The normalized spacial score (nSPS) is 28.3. The fourth-order valence-electron chi connectivity index (χ4n) is 7.85. The van der Waals surface area contributed by atoms with Gasteiger partial charge in [0.2, 0.25) is 11.8 Å². The second-order valence-electron chi connectivity index (χ2n) is 12.8. The van der Waals surface area contributed by atoms with E-state index in [1.54, 1.807) is 33.7 Å². The van der Waals surface area contributed by atoms with E-state index in [1.165, 1.54) is 0 Å². The highest BCUT2D eigenvalue weighted by molar-refractivity contribution is 8.02. The molecule has 2 unspecified atom stereocenters. The summed E-state index contributed by atoms with van der Waals surface area (Å²) in [6.07, 6.45) is 5.65. The molecule has 5 rings (SSSR count). The van der Waals surface area contributed by atoms with Crippen molar-refractivity contribution in [2.75, 3.05) is 31.1 Å². The zero-order valence-corrected chi connectivity index (χ0v) is 26.7. The molecule has 230 valence electrons. The quantitative estimate of drug-likeness (QED) is 0.334. The van der Waals surface area contributed by atoms with Crippen LogP contribution in [0.15, 0.2) is 67.8 Å². The first-order chi connectivity index (χ1) is 20.6. The first kappa shape index (κ1) is 31.3. The number of anilines is 1. The van der Waals surface area contributed by atoms with Crippen molar-refractivity contribution in [2.24, 2.45) is 17.8 Å². The van der Waals surface area contributed by atoms with E-state index in [2.05, 4.69) is 20.1 Å². The number of thioether (sulfide) groups is 1. The molecule has 6 atom stereocenters. The summed E-state index contributed by atoms with van der Waals surface area (Å²) in [5.74, 6) is -1.69. The van der Waals surface area contributed by atoms with Crippen molar-refractivity contribution in [1.29, 1.82) is 0 Å². The molecule has 0 aromatic heterocycles. The topological polar surface area (TPSA) is 81.2 Å². The molecule has 2 aromatic rings. The van der Waals surface area contributed by atoms with Crippen LogP contribution >= 0.6 is 11.8 Å². The molecular formula is C35H45N3O4S. The molecular weight excluding hydrogens is 558 g/mol. The number of carbonyl (C=O) groups excluding carboxylic acids is 3. The van der Waals surface area contributed by atoms with Gasteiger partial charge in [0.1, 0.15) is 6.04 Å². The highest BCUT2D eigenvalue weighted by Crippen LogP contribution is 2.72. The molecule has 0 aliphatic carbocycles. The largest absolute Gasteiger partial charge is 0.394 e. The van der Waals surface area contributed by atoms with E-state index < -0.39 is 33.4 Å². The Morgan fingerprint density at radius 3 is 2.42 bits per heavy atom. The third kappa shape index (κ3) is 5.00. The van der Waals surface area contributed by atoms with Gasteiger partial charge in [0, 0.05) is 30.1 Å². The number of fused-ring (bicyclic) bond motifs is 2. The molecule has 7 nitrogen and oxygen atoms in total. The Labute approximate surface area is 260 Å². The maximum absolute atomic E-state index is 15.0. The number of amides is 3. The zero-order valence-electron chi connectivity index (χ0n) is 25.9. The average Bonchev–Trinajstić information content (AvgIpc) is 3.56. The van der Waals surface area contributed by atoms with Gasteiger partial charge in [-0.1, -0.05) is 63.3 Å². The van der Waals surface area contributed by atoms with E-state index in [0.29, 0.717) is 19.5 Å². The van der Waals surface area contributed by atoms with Gasteiger partial charge in [-0.3, -0.25) is 14.4 Å². The van der Waals surface area contributed by atoms with Crippen LogP contribution in [0, 0.1) is 17.8 Å². The minimum atomic E-state index is -0.820. The molecule has 3 aliphatic heterocycles. The van der Waals surface area contributed by atoms with Crippen molar-refractivity contribution in [3.05, 3.63) is 67.8 Å². The third-order valence-electron chi connectivity index (χ3n) is 9.81. The molecule has 43 heavy (non-hydrogen) atoms. The molecule has 1 N–H and O–H groups in total. The number of benzene rings is 2. The smallest absolute Gasteiger partial charge is 0.251 e. The van der Waals surface area contributed by atoms with Gasteiger partial charge in [0.05, 0.1) is 29.2 Å². The van der Waals surface area contributed by atoms with E-state index >= 15 is 0 Å². The predicted octanol–water partition coefficient (Wildman–Crippen LogP) is 5.28. The minimum absolute atomic E-state index is 0.0349. The Balaban J connectivity index is 1.64. The van der Waals surface area contributed by atoms with Gasteiger partial charge < -0.3 is 19.8 Å². The number of aliphatic hydroxyl groups excluding tert-OH is 1. The lowest BCUT2D eigenvalue weighted by Crippen LogP contribution is -2.58. The second-order valence-corrected chi connectivity index (χ2v) is 14.7. The van der Waals surface area contributed by atoms with E-state index in [-0.39, 0.29) is 36.8 Å². The van der Waals surface area contributed by atoms with E-state index in [4.69, 9.17) is 0 Å². The number of hydrogen-bond acceptors (Lipinski definition) is 5. The Morgan fingerprint density at radius 1 is 1.09 bits per heavy atom. The lowest BCUT2D eigenvalue weighted by Gasteiger charge is -2.40. The lowest BCUT2D eigenvalue weighted by atomic mass is 9.66.